The second-order valence-corrected chi connectivity index (χ2v) is 9.46. The number of ether oxygens (including phenoxy) is 1. The number of amidine groups is 1. The molecule has 0 spiro atoms. The summed E-state index contributed by atoms with van der Waals surface area (Å²) in [5.41, 5.74) is 1.45. The van der Waals surface area contributed by atoms with E-state index in [2.05, 4.69) is 9.88 Å². The molecule has 0 saturated carbocycles. The van der Waals surface area contributed by atoms with Crippen LogP contribution in [0.25, 0.3) is 6.08 Å². The van der Waals surface area contributed by atoms with Gasteiger partial charge >= 0.3 is 0 Å². The lowest BCUT2D eigenvalue weighted by molar-refractivity contribution is -0.137. The van der Waals surface area contributed by atoms with Crippen LogP contribution in [0.1, 0.15) is 24.0 Å². The maximum absolute atomic E-state index is 13.4. The first-order chi connectivity index (χ1) is 15.3. The first-order valence-electron chi connectivity index (χ1n) is 10.0. The number of nitrogens with one attached hydrogen (secondary N) is 1. The minimum atomic E-state index is -3.44. The van der Waals surface area contributed by atoms with Crippen molar-refractivity contribution in [2.24, 2.45) is 5.16 Å². The monoisotopic (exact) mass is 461 g/mol. The fraction of sp³-hybridized carbons (Fsp3) is 0.318. The fourth-order valence-electron chi connectivity index (χ4n) is 3.99. The Bertz CT molecular complexity index is 1180. The number of sulfonamides is 1. The molecule has 2 aliphatic rings. The second kappa shape index (κ2) is 8.44. The van der Waals surface area contributed by atoms with Gasteiger partial charge in [0.15, 0.2) is 5.84 Å². The number of aliphatic hydroxyl groups excluding tert-OH is 1. The summed E-state index contributed by atoms with van der Waals surface area (Å²) < 4.78 is 44.3. The highest BCUT2D eigenvalue weighted by atomic mass is 32.2. The Morgan fingerprint density at radius 2 is 2.06 bits per heavy atom. The molecule has 1 atom stereocenters. The van der Waals surface area contributed by atoms with Crippen LogP contribution < -0.4 is 9.46 Å². The molecule has 1 unspecified atom stereocenters. The number of fused-ring (bicyclic) bond motifs is 1. The number of benzene rings is 2. The Morgan fingerprint density at radius 1 is 1.31 bits per heavy atom. The van der Waals surface area contributed by atoms with Crippen molar-refractivity contribution >= 4 is 27.6 Å². The van der Waals surface area contributed by atoms with E-state index in [4.69, 9.17) is 9.57 Å². The summed E-state index contributed by atoms with van der Waals surface area (Å²) in [5.74, 6) is 0.618. The van der Waals surface area contributed by atoms with Crippen LogP contribution in [-0.4, -0.2) is 50.8 Å². The summed E-state index contributed by atoms with van der Waals surface area (Å²) in [7, 11) is -1.97. The number of anilines is 1. The third-order valence-electron chi connectivity index (χ3n) is 5.46. The van der Waals surface area contributed by atoms with Gasteiger partial charge in [-0.1, -0.05) is 11.2 Å². The van der Waals surface area contributed by atoms with Crippen LogP contribution in [0.4, 0.5) is 10.1 Å². The number of rotatable bonds is 6. The number of oxime groups is 1. The van der Waals surface area contributed by atoms with Crippen molar-refractivity contribution in [1.82, 2.24) is 4.90 Å². The molecule has 2 aromatic rings. The number of aliphatic hydroxyl groups is 1. The predicted octanol–water partition coefficient (Wildman–Crippen LogP) is 2.87. The van der Waals surface area contributed by atoms with Crippen molar-refractivity contribution in [3.05, 3.63) is 65.0 Å². The van der Waals surface area contributed by atoms with E-state index in [1.165, 1.54) is 19.2 Å². The quantitative estimate of drug-likeness (QED) is 0.686. The number of halogens is 1. The molecule has 10 heteroatoms. The van der Waals surface area contributed by atoms with E-state index in [1.807, 2.05) is 11.0 Å². The highest BCUT2D eigenvalue weighted by molar-refractivity contribution is 7.92. The Balaban J connectivity index is 1.66. The molecular weight excluding hydrogens is 437 g/mol. The molecule has 2 N–H and O–H groups in total. The SMILES string of the molecule is COc1cc(C=C2CCCN3C2=NOC3(CO)c2ccc(F)cc2)ccc1NS(C)(=O)=O. The molecule has 2 heterocycles. The van der Waals surface area contributed by atoms with E-state index in [-0.39, 0.29) is 12.4 Å². The zero-order chi connectivity index (χ0) is 22.9. The number of nitrogens with zero attached hydrogens (tertiary/aromatic N) is 2. The molecule has 170 valence electrons. The number of piperidine rings is 1. The van der Waals surface area contributed by atoms with Gasteiger partial charge in [-0.15, -0.1) is 0 Å². The van der Waals surface area contributed by atoms with Crippen molar-refractivity contribution in [2.75, 3.05) is 31.2 Å². The van der Waals surface area contributed by atoms with Gasteiger partial charge in [0, 0.05) is 12.1 Å². The zero-order valence-corrected chi connectivity index (χ0v) is 18.5. The van der Waals surface area contributed by atoms with Crippen LogP contribution in [0, 0.1) is 5.82 Å². The number of hydrogen-bond acceptors (Lipinski definition) is 7. The Labute approximate surface area is 186 Å². The van der Waals surface area contributed by atoms with Crippen LogP contribution in [0.2, 0.25) is 0 Å². The van der Waals surface area contributed by atoms with E-state index >= 15 is 0 Å². The normalized spacial score (nSPS) is 21.7. The van der Waals surface area contributed by atoms with Crippen LogP contribution in [0.15, 0.2) is 53.2 Å². The fourth-order valence-corrected chi connectivity index (χ4v) is 4.56. The Kier molecular flexibility index (Phi) is 5.83. The third kappa shape index (κ3) is 4.15. The lowest BCUT2D eigenvalue weighted by atomic mass is 9.95. The van der Waals surface area contributed by atoms with Crippen molar-refractivity contribution in [3.8, 4) is 5.75 Å². The van der Waals surface area contributed by atoms with Crippen molar-refractivity contribution in [1.29, 1.82) is 0 Å². The number of methoxy groups -OCH3 is 1. The summed E-state index contributed by atoms with van der Waals surface area (Å²) in [5, 5.41) is 14.5. The van der Waals surface area contributed by atoms with Crippen LogP contribution in [-0.2, 0) is 20.6 Å². The summed E-state index contributed by atoms with van der Waals surface area (Å²) in [4.78, 5) is 7.64. The molecule has 2 aromatic carbocycles. The van der Waals surface area contributed by atoms with E-state index in [0.717, 1.165) is 30.2 Å². The van der Waals surface area contributed by atoms with E-state index in [1.54, 1.807) is 30.3 Å². The van der Waals surface area contributed by atoms with Crippen LogP contribution in [0.3, 0.4) is 0 Å². The molecule has 4 rings (SSSR count). The van der Waals surface area contributed by atoms with Gasteiger partial charge in [0.2, 0.25) is 10.0 Å². The molecule has 1 saturated heterocycles. The summed E-state index contributed by atoms with van der Waals surface area (Å²) in [6, 6.07) is 11.0. The minimum absolute atomic E-state index is 0.347. The maximum atomic E-state index is 13.4. The lowest BCUT2D eigenvalue weighted by Gasteiger charge is -2.38. The van der Waals surface area contributed by atoms with Crippen LogP contribution >= 0.6 is 0 Å². The highest BCUT2D eigenvalue weighted by Gasteiger charge is 2.49. The van der Waals surface area contributed by atoms with Gasteiger partial charge in [0.05, 0.1) is 19.1 Å². The highest BCUT2D eigenvalue weighted by Crippen LogP contribution is 2.40. The third-order valence-corrected chi connectivity index (χ3v) is 6.05. The Morgan fingerprint density at radius 3 is 2.72 bits per heavy atom. The molecular formula is C22H24FN3O5S. The molecule has 2 aliphatic heterocycles. The Hall–Kier alpha value is -3.11. The van der Waals surface area contributed by atoms with Gasteiger partial charge < -0.3 is 19.6 Å². The topological polar surface area (TPSA) is 100 Å². The minimum Gasteiger partial charge on any atom is -0.495 e. The maximum Gasteiger partial charge on any atom is 0.260 e. The molecule has 0 amide bonds. The van der Waals surface area contributed by atoms with E-state index in [9.17, 15) is 17.9 Å². The molecule has 0 bridgehead atoms. The lowest BCUT2D eigenvalue weighted by Crippen LogP contribution is -2.51. The van der Waals surface area contributed by atoms with Gasteiger partial charge in [0.25, 0.3) is 5.72 Å². The second-order valence-electron chi connectivity index (χ2n) is 7.71. The number of hydrogen-bond donors (Lipinski definition) is 2. The average molecular weight is 462 g/mol. The average Bonchev–Trinajstić information content (AvgIpc) is 3.15. The first kappa shape index (κ1) is 22.1. The van der Waals surface area contributed by atoms with Crippen molar-refractivity contribution < 1.29 is 27.5 Å². The van der Waals surface area contributed by atoms with Crippen molar-refractivity contribution in [2.45, 2.75) is 18.6 Å². The molecule has 1 fully saturated rings. The summed E-state index contributed by atoms with van der Waals surface area (Å²) in [6.07, 6.45) is 4.56. The van der Waals surface area contributed by atoms with Gasteiger partial charge in [-0.2, -0.15) is 0 Å². The van der Waals surface area contributed by atoms with Gasteiger partial charge in [0.1, 0.15) is 18.2 Å². The first-order valence-corrected chi connectivity index (χ1v) is 11.9. The van der Waals surface area contributed by atoms with Gasteiger partial charge in [-0.05, 0) is 66.5 Å². The summed E-state index contributed by atoms with van der Waals surface area (Å²) in [6.45, 7) is 0.271. The predicted molar refractivity (Wildman–Crippen MR) is 119 cm³/mol. The molecule has 0 aromatic heterocycles. The van der Waals surface area contributed by atoms with Gasteiger partial charge in [-0.25, -0.2) is 12.8 Å². The largest absolute Gasteiger partial charge is 0.495 e. The van der Waals surface area contributed by atoms with Gasteiger partial charge in [-0.3, -0.25) is 4.72 Å². The zero-order valence-electron chi connectivity index (χ0n) is 17.7. The molecule has 32 heavy (non-hydrogen) atoms. The van der Waals surface area contributed by atoms with E-state index < -0.39 is 15.7 Å². The smallest absolute Gasteiger partial charge is 0.260 e. The molecule has 0 aliphatic carbocycles. The van der Waals surface area contributed by atoms with E-state index in [0.29, 0.717) is 29.4 Å². The van der Waals surface area contributed by atoms with Crippen LogP contribution in [0.5, 0.6) is 5.75 Å². The molecule has 8 nitrogen and oxygen atoms in total. The standard InChI is InChI=1S/C22H24FN3O5S/c1-30-20-13-15(5-10-19(20)25-32(2,28)29)12-16-4-3-11-26-21(16)24-31-22(26,14-27)17-6-8-18(23)9-7-17/h5-10,12-13,25,27H,3-4,11,14H2,1-2H3. The molecule has 0 radical (unpaired) electrons. The summed E-state index contributed by atoms with van der Waals surface area (Å²) >= 11 is 0. The van der Waals surface area contributed by atoms with Crippen molar-refractivity contribution in [3.63, 3.8) is 0 Å².